The van der Waals surface area contributed by atoms with Gasteiger partial charge in [-0.05, 0) is 17.7 Å². The first-order valence-electron chi connectivity index (χ1n) is 4.05. The molecule has 16 heavy (non-hydrogen) atoms. The van der Waals surface area contributed by atoms with Gasteiger partial charge in [0.05, 0.1) is 5.56 Å². The van der Waals surface area contributed by atoms with E-state index in [1.165, 1.54) is 0 Å². The number of alkyl halides is 6. The zero-order valence-corrected chi connectivity index (χ0v) is 8.36. The molecule has 0 bridgehead atoms. The molecular weight excluding hydrogens is 255 g/mol. The number of benzene rings is 1. The molecule has 1 rings (SSSR count). The normalized spacial score (nSPS) is 14.9. The van der Waals surface area contributed by atoms with Gasteiger partial charge in [-0.2, -0.15) is 22.0 Å². The monoisotopic (exact) mass is 260 g/mol. The summed E-state index contributed by atoms with van der Waals surface area (Å²) in [6.45, 7) is 0. The van der Waals surface area contributed by atoms with Gasteiger partial charge in [0.2, 0.25) is 0 Å². The molecule has 0 radical (unpaired) electrons. The predicted octanol–water partition coefficient (Wildman–Crippen LogP) is 3.57. The van der Waals surface area contributed by atoms with E-state index >= 15 is 0 Å². The standard InChI is InChI=1S/C9H6ClF5O/c10-8(11,12)7(16)5-3-1-2-4-6(5)9(13,14)15/h1-4,7,16H. The van der Waals surface area contributed by atoms with Crippen LogP contribution < -0.4 is 0 Å². The summed E-state index contributed by atoms with van der Waals surface area (Å²) in [5.41, 5.74) is -2.28. The molecule has 0 aromatic heterocycles. The maximum absolute atomic E-state index is 12.5. The van der Waals surface area contributed by atoms with Crippen molar-refractivity contribution >= 4 is 11.6 Å². The maximum atomic E-state index is 12.5. The minimum absolute atomic E-state index is 0.598. The fraction of sp³-hybridized carbons (Fsp3) is 0.333. The van der Waals surface area contributed by atoms with Crippen molar-refractivity contribution in [2.75, 3.05) is 0 Å². The summed E-state index contributed by atoms with van der Waals surface area (Å²) >= 11 is 4.49. The van der Waals surface area contributed by atoms with Crippen molar-refractivity contribution in [1.29, 1.82) is 0 Å². The highest BCUT2D eigenvalue weighted by Crippen LogP contribution is 2.41. The first-order chi connectivity index (χ1) is 7.14. The topological polar surface area (TPSA) is 20.2 Å². The molecule has 90 valence electrons. The summed E-state index contributed by atoms with van der Waals surface area (Å²) < 4.78 is 62.2. The molecule has 1 N–H and O–H groups in total. The van der Waals surface area contributed by atoms with Gasteiger partial charge >= 0.3 is 11.6 Å². The van der Waals surface area contributed by atoms with E-state index < -0.39 is 28.8 Å². The van der Waals surface area contributed by atoms with Crippen molar-refractivity contribution in [2.45, 2.75) is 17.7 Å². The second-order valence-corrected chi connectivity index (χ2v) is 3.53. The summed E-state index contributed by atoms with van der Waals surface area (Å²) in [6, 6.07) is 3.49. The van der Waals surface area contributed by atoms with Crippen LogP contribution in [0.3, 0.4) is 0 Å². The maximum Gasteiger partial charge on any atom is 0.416 e. The Kier molecular flexibility index (Phi) is 3.44. The molecule has 0 saturated heterocycles. The zero-order chi connectivity index (χ0) is 12.6. The molecule has 0 aliphatic rings. The average Bonchev–Trinajstić information content (AvgIpc) is 2.14. The Labute approximate surface area is 92.5 Å². The largest absolute Gasteiger partial charge is 0.416 e. The summed E-state index contributed by atoms with van der Waals surface area (Å²) in [4.78, 5) is 0. The summed E-state index contributed by atoms with van der Waals surface area (Å²) in [7, 11) is 0. The van der Waals surface area contributed by atoms with Gasteiger partial charge in [-0.25, -0.2) is 0 Å². The Hall–Kier alpha value is -0.880. The van der Waals surface area contributed by atoms with E-state index in [9.17, 15) is 22.0 Å². The molecule has 0 spiro atoms. The highest BCUT2D eigenvalue weighted by Gasteiger charge is 2.42. The van der Waals surface area contributed by atoms with Crippen LogP contribution in [-0.4, -0.2) is 10.5 Å². The Morgan fingerprint density at radius 3 is 2.00 bits per heavy atom. The quantitative estimate of drug-likeness (QED) is 0.637. The lowest BCUT2D eigenvalue weighted by molar-refractivity contribution is -0.140. The molecule has 0 aliphatic carbocycles. The number of aliphatic hydroxyl groups excluding tert-OH is 1. The first-order valence-corrected chi connectivity index (χ1v) is 4.42. The third kappa shape index (κ3) is 2.82. The summed E-state index contributed by atoms with van der Waals surface area (Å²) in [5.74, 6) is 0. The fourth-order valence-electron chi connectivity index (χ4n) is 1.17. The molecule has 1 unspecified atom stereocenters. The van der Waals surface area contributed by atoms with E-state index in [0.717, 1.165) is 18.2 Å². The van der Waals surface area contributed by atoms with E-state index in [0.29, 0.717) is 6.07 Å². The van der Waals surface area contributed by atoms with Gasteiger partial charge in [-0.15, -0.1) is 0 Å². The Balaban J connectivity index is 3.25. The molecule has 0 aliphatic heterocycles. The van der Waals surface area contributed by atoms with Gasteiger partial charge in [-0.1, -0.05) is 18.2 Å². The first kappa shape index (κ1) is 13.2. The highest BCUT2D eigenvalue weighted by molar-refractivity contribution is 6.22. The average molecular weight is 261 g/mol. The molecule has 0 saturated carbocycles. The number of hydrogen-bond donors (Lipinski definition) is 1. The van der Waals surface area contributed by atoms with Gasteiger partial charge in [0.15, 0.2) is 6.10 Å². The van der Waals surface area contributed by atoms with Crippen LogP contribution in [-0.2, 0) is 6.18 Å². The van der Waals surface area contributed by atoms with Crippen molar-refractivity contribution < 1.29 is 27.1 Å². The number of rotatable bonds is 2. The number of aliphatic hydroxyl groups is 1. The fourth-order valence-corrected chi connectivity index (χ4v) is 1.29. The number of hydrogen-bond acceptors (Lipinski definition) is 1. The highest BCUT2D eigenvalue weighted by atomic mass is 35.5. The van der Waals surface area contributed by atoms with Crippen molar-refractivity contribution in [3.8, 4) is 0 Å². The van der Waals surface area contributed by atoms with Crippen LogP contribution in [0.2, 0.25) is 0 Å². The third-order valence-corrected chi connectivity index (χ3v) is 2.08. The van der Waals surface area contributed by atoms with Gasteiger partial charge in [-0.3, -0.25) is 0 Å². The Bertz CT molecular complexity index is 371. The zero-order valence-electron chi connectivity index (χ0n) is 7.60. The molecule has 0 amide bonds. The van der Waals surface area contributed by atoms with Crippen LogP contribution in [0.15, 0.2) is 24.3 Å². The van der Waals surface area contributed by atoms with Crippen molar-refractivity contribution in [3.05, 3.63) is 35.4 Å². The molecule has 1 aromatic rings. The minimum Gasteiger partial charge on any atom is -0.381 e. The van der Waals surface area contributed by atoms with E-state index in [-0.39, 0.29) is 0 Å². The van der Waals surface area contributed by atoms with E-state index in [2.05, 4.69) is 11.6 Å². The van der Waals surface area contributed by atoms with Crippen molar-refractivity contribution in [2.24, 2.45) is 0 Å². The molecular formula is C9H6ClF5O. The Morgan fingerprint density at radius 1 is 1.06 bits per heavy atom. The van der Waals surface area contributed by atoms with Crippen molar-refractivity contribution in [3.63, 3.8) is 0 Å². The molecule has 1 nitrogen and oxygen atoms in total. The van der Waals surface area contributed by atoms with E-state index in [4.69, 9.17) is 5.11 Å². The van der Waals surface area contributed by atoms with Gasteiger partial charge in [0.25, 0.3) is 0 Å². The van der Waals surface area contributed by atoms with Crippen molar-refractivity contribution in [1.82, 2.24) is 0 Å². The second-order valence-electron chi connectivity index (χ2n) is 3.03. The molecule has 1 atom stereocenters. The molecule has 0 heterocycles. The lowest BCUT2D eigenvalue weighted by Gasteiger charge is -2.20. The lowest BCUT2D eigenvalue weighted by Crippen LogP contribution is -2.22. The molecule has 7 heteroatoms. The lowest BCUT2D eigenvalue weighted by atomic mass is 10.0. The third-order valence-electron chi connectivity index (χ3n) is 1.87. The number of halogens is 6. The van der Waals surface area contributed by atoms with Crippen LogP contribution in [0, 0.1) is 0 Å². The second kappa shape index (κ2) is 4.18. The van der Waals surface area contributed by atoms with Crippen LogP contribution in [0.5, 0.6) is 0 Å². The molecule has 0 fully saturated rings. The predicted molar refractivity (Wildman–Crippen MR) is 47.2 cm³/mol. The SMILES string of the molecule is OC(c1ccccc1C(F)(F)F)C(F)(F)Cl. The van der Waals surface area contributed by atoms with E-state index in [1.54, 1.807) is 0 Å². The van der Waals surface area contributed by atoms with Gasteiger partial charge < -0.3 is 5.11 Å². The summed E-state index contributed by atoms with van der Waals surface area (Å²) in [6.07, 6.45) is -7.52. The smallest absolute Gasteiger partial charge is 0.381 e. The van der Waals surface area contributed by atoms with Gasteiger partial charge in [0, 0.05) is 5.56 Å². The van der Waals surface area contributed by atoms with Crippen LogP contribution in [0.4, 0.5) is 22.0 Å². The van der Waals surface area contributed by atoms with Crippen LogP contribution in [0.25, 0.3) is 0 Å². The van der Waals surface area contributed by atoms with E-state index in [1.807, 2.05) is 0 Å². The van der Waals surface area contributed by atoms with Crippen LogP contribution >= 0.6 is 11.6 Å². The van der Waals surface area contributed by atoms with Crippen LogP contribution in [0.1, 0.15) is 17.2 Å². The summed E-state index contributed by atoms with van der Waals surface area (Å²) in [5, 5.41) is 4.87. The van der Waals surface area contributed by atoms with Gasteiger partial charge in [0.1, 0.15) is 0 Å². The Morgan fingerprint density at radius 2 is 1.56 bits per heavy atom. The minimum atomic E-state index is -4.82. The molecule has 1 aromatic carbocycles.